The van der Waals surface area contributed by atoms with E-state index in [9.17, 15) is 0 Å². The van der Waals surface area contributed by atoms with Crippen LogP contribution in [0.1, 0.15) is 36.5 Å². The summed E-state index contributed by atoms with van der Waals surface area (Å²) in [5.74, 6) is 1.14. The van der Waals surface area contributed by atoms with Gasteiger partial charge in [-0.1, -0.05) is 60.7 Å². The van der Waals surface area contributed by atoms with Crippen molar-refractivity contribution < 1.29 is 14.2 Å². The highest BCUT2D eigenvalue weighted by molar-refractivity contribution is 5.41. The van der Waals surface area contributed by atoms with Crippen molar-refractivity contribution in [3.05, 3.63) is 90.1 Å². The van der Waals surface area contributed by atoms with Crippen molar-refractivity contribution in [3.8, 4) is 11.8 Å². The Morgan fingerprint density at radius 1 is 0.886 bits per heavy atom. The van der Waals surface area contributed by atoms with E-state index in [4.69, 9.17) is 14.2 Å². The first-order valence-corrected chi connectivity index (χ1v) is 12.3. The number of nitrogens with zero attached hydrogens (tertiary/aromatic N) is 4. The summed E-state index contributed by atoms with van der Waals surface area (Å²) in [5.41, 5.74) is 3.15. The molecule has 0 aliphatic carbocycles. The van der Waals surface area contributed by atoms with Crippen molar-refractivity contribution in [2.24, 2.45) is 0 Å². The molecule has 1 fully saturated rings. The molecule has 0 radical (unpaired) electrons. The molecule has 0 spiro atoms. The fraction of sp³-hybridized carbons (Fsp3) is 0.357. The highest BCUT2D eigenvalue weighted by Crippen LogP contribution is 2.30. The molecule has 1 aliphatic rings. The maximum Gasteiger partial charge on any atom is 0.234 e. The Hall–Kier alpha value is -3.42. The molecule has 0 atom stereocenters. The van der Waals surface area contributed by atoms with Gasteiger partial charge in [-0.15, -0.1) is 5.10 Å². The summed E-state index contributed by atoms with van der Waals surface area (Å²) in [4.78, 5) is 6.79. The molecule has 35 heavy (non-hydrogen) atoms. The molecule has 1 saturated heterocycles. The molecule has 5 rings (SSSR count). The van der Waals surface area contributed by atoms with Crippen LogP contribution in [0, 0.1) is 0 Å². The molecular formula is C28H32N4O3. The predicted octanol–water partition coefficient (Wildman–Crippen LogP) is 4.78. The molecule has 182 valence electrons. The standard InChI is InChI=1S/C28H32N4O3/c1-33-27-21-32-25(29-27)13-14-26(30-32)34-20-8-17-31-18-15-24(16-19-31)35-28(22-9-4-2-5-10-22)23-11-6-3-7-12-23/h2-7,9-14,21,24,28H,8,15-20H2,1H3. The van der Waals surface area contributed by atoms with Crippen LogP contribution in [-0.2, 0) is 4.74 Å². The van der Waals surface area contributed by atoms with E-state index >= 15 is 0 Å². The molecule has 3 heterocycles. The highest BCUT2D eigenvalue weighted by Gasteiger charge is 2.24. The lowest BCUT2D eigenvalue weighted by molar-refractivity contribution is -0.0273. The number of hydrogen-bond acceptors (Lipinski definition) is 6. The zero-order valence-electron chi connectivity index (χ0n) is 20.1. The Balaban J connectivity index is 1.08. The number of piperidine rings is 1. The van der Waals surface area contributed by atoms with Crippen molar-refractivity contribution in [2.45, 2.75) is 31.5 Å². The predicted molar refractivity (Wildman–Crippen MR) is 135 cm³/mol. The van der Waals surface area contributed by atoms with Crippen molar-refractivity contribution in [1.29, 1.82) is 0 Å². The summed E-state index contributed by atoms with van der Waals surface area (Å²) >= 11 is 0. The number of ether oxygens (including phenoxy) is 3. The van der Waals surface area contributed by atoms with Crippen LogP contribution in [0.3, 0.4) is 0 Å². The summed E-state index contributed by atoms with van der Waals surface area (Å²) < 4.78 is 19.4. The number of fused-ring (bicyclic) bond motifs is 1. The second-order valence-electron chi connectivity index (χ2n) is 8.84. The number of hydrogen-bond donors (Lipinski definition) is 0. The second-order valence-corrected chi connectivity index (χ2v) is 8.84. The van der Waals surface area contributed by atoms with Crippen LogP contribution in [0.2, 0.25) is 0 Å². The van der Waals surface area contributed by atoms with Crippen LogP contribution >= 0.6 is 0 Å². The van der Waals surface area contributed by atoms with Crippen LogP contribution in [0.15, 0.2) is 79.0 Å². The van der Waals surface area contributed by atoms with Crippen molar-refractivity contribution in [2.75, 3.05) is 33.4 Å². The van der Waals surface area contributed by atoms with Gasteiger partial charge >= 0.3 is 0 Å². The van der Waals surface area contributed by atoms with Gasteiger partial charge in [-0.25, -0.2) is 4.52 Å². The quantitative estimate of drug-likeness (QED) is 0.310. The maximum atomic E-state index is 6.66. The van der Waals surface area contributed by atoms with Crippen LogP contribution in [0.5, 0.6) is 11.8 Å². The molecule has 0 N–H and O–H groups in total. The summed E-state index contributed by atoms with van der Waals surface area (Å²) in [6.07, 6.45) is 5.01. The average Bonchev–Trinajstić information content (AvgIpc) is 3.34. The van der Waals surface area contributed by atoms with Gasteiger partial charge in [0, 0.05) is 25.7 Å². The molecule has 4 aromatic rings. The number of likely N-dealkylation sites (tertiary alicyclic amines) is 1. The summed E-state index contributed by atoms with van der Waals surface area (Å²) in [6.45, 7) is 3.72. The summed E-state index contributed by atoms with van der Waals surface area (Å²) in [5, 5.41) is 4.44. The Morgan fingerprint density at radius 2 is 1.57 bits per heavy atom. The van der Waals surface area contributed by atoms with E-state index < -0.39 is 0 Å². The maximum absolute atomic E-state index is 6.66. The lowest BCUT2D eigenvalue weighted by Gasteiger charge is -2.34. The van der Waals surface area contributed by atoms with Crippen LogP contribution in [0.25, 0.3) is 5.65 Å². The topological polar surface area (TPSA) is 61.1 Å². The number of benzene rings is 2. The Kier molecular flexibility index (Phi) is 7.56. The van der Waals surface area contributed by atoms with Gasteiger partial charge < -0.3 is 19.1 Å². The largest absolute Gasteiger partial charge is 0.480 e. The van der Waals surface area contributed by atoms with Gasteiger partial charge in [0.15, 0.2) is 5.65 Å². The summed E-state index contributed by atoms with van der Waals surface area (Å²) in [7, 11) is 1.60. The Labute approximate surface area is 206 Å². The highest BCUT2D eigenvalue weighted by atomic mass is 16.5. The third-order valence-electron chi connectivity index (χ3n) is 6.42. The number of imidazole rings is 1. The van der Waals surface area contributed by atoms with E-state index in [-0.39, 0.29) is 12.2 Å². The summed E-state index contributed by atoms with van der Waals surface area (Å²) in [6, 6.07) is 24.8. The molecule has 0 unspecified atom stereocenters. The van der Waals surface area contributed by atoms with Gasteiger partial charge in [-0.3, -0.25) is 0 Å². The number of methoxy groups -OCH3 is 1. The van der Waals surface area contributed by atoms with E-state index in [0.29, 0.717) is 18.4 Å². The molecule has 2 aromatic carbocycles. The normalized spacial score (nSPS) is 15.0. The smallest absolute Gasteiger partial charge is 0.234 e. The van der Waals surface area contributed by atoms with Crippen LogP contribution in [-0.4, -0.2) is 59.0 Å². The fourth-order valence-electron chi connectivity index (χ4n) is 4.55. The first-order chi connectivity index (χ1) is 17.3. The second kappa shape index (κ2) is 11.3. The molecule has 7 heteroatoms. The van der Waals surface area contributed by atoms with E-state index in [0.717, 1.165) is 44.5 Å². The zero-order valence-corrected chi connectivity index (χ0v) is 20.1. The van der Waals surface area contributed by atoms with Gasteiger partial charge in [-0.2, -0.15) is 4.98 Å². The molecule has 0 saturated carbocycles. The van der Waals surface area contributed by atoms with Gasteiger partial charge in [0.05, 0.1) is 26.0 Å². The zero-order chi connectivity index (χ0) is 23.9. The van der Waals surface area contributed by atoms with E-state index in [1.54, 1.807) is 17.8 Å². The monoisotopic (exact) mass is 472 g/mol. The average molecular weight is 473 g/mol. The minimum absolute atomic E-state index is 0.0253. The minimum atomic E-state index is -0.0253. The number of aromatic nitrogens is 3. The van der Waals surface area contributed by atoms with Gasteiger partial charge in [0.1, 0.15) is 6.10 Å². The molecule has 1 aliphatic heterocycles. The van der Waals surface area contributed by atoms with Gasteiger partial charge in [0.25, 0.3) is 0 Å². The Bertz CT molecular complexity index is 1150. The van der Waals surface area contributed by atoms with Crippen molar-refractivity contribution in [3.63, 3.8) is 0 Å². The molecular weight excluding hydrogens is 440 g/mol. The molecule has 7 nitrogen and oxygen atoms in total. The lowest BCUT2D eigenvalue weighted by Crippen LogP contribution is -2.38. The van der Waals surface area contributed by atoms with Gasteiger partial charge in [0.2, 0.25) is 11.8 Å². The Morgan fingerprint density at radius 3 is 2.23 bits per heavy atom. The third kappa shape index (κ3) is 5.99. The molecule has 2 aromatic heterocycles. The van der Waals surface area contributed by atoms with Gasteiger partial charge in [-0.05, 0) is 36.5 Å². The third-order valence-corrected chi connectivity index (χ3v) is 6.42. The van der Waals surface area contributed by atoms with Crippen LogP contribution < -0.4 is 9.47 Å². The van der Waals surface area contributed by atoms with Crippen molar-refractivity contribution >= 4 is 5.65 Å². The molecule has 0 amide bonds. The van der Waals surface area contributed by atoms with E-state index in [1.807, 2.05) is 12.1 Å². The van der Waals surface area contributed by atoms with E-state index in [1.165, 1.54) is 11.1 Å². The fourth-order valence-corrected chi connectivity index (χ4v) is 4.55. The first kappa shape index (κ1) is 23.3. The van der Waals surface area contributed by atoms with Crippen molar-refractivity contribution in [1.82, 2.24) is 19.5 Å². The van der Waals surface area contributed by atoms with E-state index in [2.05, 4.69) is 75.6 Å². The first-order valence-electron chi connectivity index (χ1n) is 12.3. The lowest BCUT2D eigenvalue weighted by atomic mass is 10.00. The van der Waals surface area contributed by atoms with Crippen LogP contribution in [0.4, 0.5) is 0 Å². The molecule has 0 bridgehead atoms. The SMILES string of the molecule is COc1cn2nc(OCCCN3CCC(OC(c4ccccc4)c4ccccc4)CC3)ccc2n1. The minimum Gasteiger partial charge on any atom is -0.480 e. The number of rotatable bonds is 10.